The number of phenols is 1. The van der Waals surface area contributed by atoms with Gasteiger partial charge in [0, 0.05) is 7.11 Å². The number of hydrogen-bond acceptors (Lipinski definition) is 4. The number of rotatable bonds is 5. The summed E-state index contributed by atoms with van der Waals surface area (Å²) in [6, 6.07) is 7.46. The minimum Gasteiger partial charge on any atom is -0.508 e. The first-order chi connectivity index (χ1) is 9.33. The summed E-state index contributed by atoms with van der Waals surface area (Å²) in [5.74, 6) is 0.339. The van der Waals surface area contributed by atoms with E-state index >= 15 is 0 Å². The average Bonchev–Trinajstić information content (AvgIpc) is 2.40. The molecule has 0 bridgehead atoms. The Bertz CT molecular complexity index is 384. The molecule has 0 spiro atoms. The third kappa shape index (κ3) is 7.63. The first-order valence-electron chi connectivity index (χ1n) is 6.47. The fraction of sp³-hybridized carbons (Fsp3) is 0.533. The van der Waals surface area contributed by atoms with Gasteiger partial charge >= 0.3 is 6.16 Å². The summed E-state index contributed by atoms with van der Waals surface area (Å²) in [6.07, 6.45) is -0.153. The van der Waals surface area contributed by atoms with Crippen molar-refractivity contribution in [2.24, 2.45) is 0 Å². The van der Waals surface area contributed by atoms with Crippen molar-refractivity contribution in [1.29, 1.82) is 0 Å². The van der Waals surface area contributed by atoms with Crippen LogP contribution >= 0.6 is 0 Å². The summed E-state index contributed by atoms with van der Waals surface area (Å²) >= 11 is 0. The van der Waals surface area contributed by atoms with E-state index in [9.17, 15) is 4.79 Å². The molecule has 0 amide bonds. The highest BCUT2D eigenvalue weighted by Crippen LogP contribution is 2.27. The van der Waals surface area contributed by atoms with Gasteiger partial charge in [-0.15, -0.1) is 0 Å². The van der Waals surface area contributed by atoms with Gasteiger partial charge in [0.2, 0.25) is 0 Å². The van der Waals surface area contributed by atoms with Crippen LogP contribution in [0.1, 0.15) is 32.8 Å². The summed E-state index contributed by atoms with van der Waals surface area (Å²) in [4.78, 5) is 9.60. The minimum atomic E-state index is -1.26. The first kappa shape index (κ1) is 18.2. The number of phenolic OH excluding ortho intramolecular Hbond substituents is 1. The van der Waals surface area contributed by atoms with E-state index in [0.717, 1.165) is 6.42 Å². The third-order valence-corrected chi connectivity index (χ3v) is 3.05. The van der Waals surface area contributed by atoms with Crippen LogP contribution in [0.4, 0.5) is 4.79 Å². The summed E-state index contributed by atoms with van der Waals surface area (Å²) in [7, 11) is 1.48. The summed E-state index contributed by atoms with van der Waals surface area (Å²) < 4.78 is 8.58. The van der Waals surface area contributed by atoms with E-state index in [1.54, 1.807) is 12.1 Å². The van der Waals surface area contributed by atoms with Gasteiger partial charge in [-0.1, -0.05) is 32.9 Å². The molecule has 1 rings (SSSR count). The van der Waals surface area contributed by atoms with E-state index in [1.165, 1.54) is 12.7 Å². The maximum absolute atomic E-state index is 9.60. The van der Waals surface area contributed by atoms with E-state index in [2.05, 4.69) is 30.2 Å². The summed E-state index contributed by atoms with van der Waals surface area (Å²) in [5.41, 5.74) is 1.50. The second-order valence-corrected chi connectivity index (χ2v) is 4.89. The smallest absolute Gasteiger partial charge is 0.505 e. The maximum atomic E-state index is 9.60. The Labute approximate surface area is 120 Å². The highest BCUT2D eigenvalue weighted by Gasteiger charge is 2.17. The summed E-state index contributed by atoms with van der Waals surface area (Å²) in [5, 5.41) is 17.0. The molecule has 0 saturated carbocycles. The zero-order valence-corrected chi connectivity index (χ0v) is 12.5. The standard InChI is InChI=1S/C11H16O.C4H8O4/c1-4-11(2,3)9-5-7-10(12)8-6-9;1-7-2-3-8-4(5)6/h5-8,12H,4H2,1-3H3;2-3H2,1H3,(H,5,6). The molecule has 0 aliphatic rings. The predicted octanol–water partition coefficient (Wildman–Crippen LogP) is 3.41. The van der Waals surface area contributed by atoms with E-state index < -0.39 is 6.16 Å². The number of hydrogen-bond donors (Lipinski definition) is 2. The lowest BCUT2D eigenvalue weighted by atomic mass is 9.82. The van der Waals surface area contributed by atoms with Crippen molar-refractivity contribution < 1.29 is 24.5 Å². The van der Waals surface area contributed by atoms with Crippen LogP contribution in [-0.4, -0.2) is 36.7 Å². The molecule has 5 nitrogen and oxygen atoms in total. The van der Waals surface area contributed by atoms with Gasteiger partial charge in [0.1, 0.15) is 12.4 Å². The van der Waals surface area contributed by atoms with Crippen molar-refractivity contribution in [3.63, 3.8) is 0 Å². The second kappa shape index (κ2) is 9.20. The molecule has 0 atom stereocenters. The molecule has 0 aliphatic carbocycles. The van der Waals surface area contributed by atoms with Gasteiger partial charge in [-0.2, -0.15) is 0 Å². The van der Waals surface area contributed by atoms with E-state index in [1.807, 2.05) is 12.1 Å². The minimum absolute atomic E-state index is 0.103. The highest BCUT2D eigenvalue weighted by atomic mass is 16.7. The predicted molar refractivity (Wildman–Crippen MR) is 77.3 cm³/mol. The molecule has 0 aliphatic heterocycles. The zero-order valence-electron chi connectivity index (χ0n) is 12.5. The Morgan fingerprint density at radius 3 is 2.15 bits per heavy atom. The van der Waals surface area contributed by atoms with Gasteiger partial charge in [-0.25, -0.2) is 4.79 Å². The number of benzene rings is 1. The third-order valence-electron chi connectivity index (χ3n) is 3.05. The molecular formula is C15H24O5. The summed E-state index contributed by atoms with van der Waals surface area (Å²) in [6.45, 7) is 7.00. The number of ether oxygens (including phenoxy) is 2. The van der Waals surface area contributed by atoms with Crippen molar-refractivity contribution in [3.8, 4) is 5.75 Å². The molecule has 0 fully saturated rings. The molecule has 0 heterocycles. The van der Waals surface area contributed by atoms with Gasteiger partial charge in [0.15, 0.2) is 0 Å². The zero-order chi connectivity index (χ0) is 15.6. The lowest BCUT2D eigenvalue weighted by Crippen LogP contribution is -2.14. The Morgan fingerprint density at radius 1 is 1.20 bits per heavy atom. The molecule has 0 unspecified atom stereocenters. The van der Waals surface area contributed by atoms with Gasteiger partial charge in [0.05, 0.1) is 6.61 Å². The fourth-order valence-electron chi connectivity index (χ4n) is 1.33. The largest absolute Gasteiger partial charge is 0.508 e. The molecule has 0 saturated heterocycles. The lowest BCUT2D eigenvalue weighted by Gasteiger charge is -2.22. The second-order valence-electron chi connectivity index (χ2n) is 4.89. The normalized spacial score (nSPS) is 10.4. The van der Waals surface area contributed by atoms with Crippen LogP contribution in [0.3, 0.4) is 0 Å². The van der Waals surface area contributed by atoms with Crippen LogP contribution in [0.15, 0.2) is 24.3 Å². The van der Waals surface area contributed by atoms with Crippen molar-refractivity contribution in [1.82, 2.24) is 0 Å². The SMILES string of the molecule is CCC(C)(C)c1ccc(O)cc1.COCCOC(=O)O. The number of carbonyl (C=O) groups is 1. The van der Waals surface area contributed by atoms with Gasteiger partial charge in [0.25, 0.3) is 0 Å². The molecule has 2 N–H and O–H groups in total. The topological polar surface area (TPSA) is 76.0 Å². The van der Waals surface area contributed by atoms with Gasteiger partial charge in [-0.05, 0) is 29.5 Å². The Hall–Kier alpha value is -1.75. The molecule has 1 aromatic carbocycles. The molecule has 114 valence electrons. The van der Waals surface area contributed by atoms with Crippen LogP contribution in [0.2, 0.25) is 0 Å². The highest BCUT2D eigenvalue weighted by molar-refractivity contribution is 5.56. The molecule has 0 aromatic heterocycles. The Balaban J connectivity index is 0.000000396. The first-order valence-corrected chi connectivity index (χ1v) is 6.47. The number of aromatic hydroxyl groups is 1. The van der Waals surface area contributed by atoms with Crippen molar-refractivity contribution in [2.75, 3.05) is 20.3 Å². The lowest BCUT2D eigenvalue weighted by molar-refractivity contribution is 0.0630. The number of carboxylic acid groups (broad SMARTS) is 1. The van der Waals surface area contributed by atoms with Crippen molar-refractivity contribution in [2.45, 2.75) is 32.6 Å². The number of methoxy groups -OCH3 is 1. The van der Waals surface area contributed by atoms with E-state index in [0.29, 0.717) is 12.4 Å². The molecular weight excluding hydrogens is 260 g/mol. The van der Waals surface area contributed by atoms with Crippen LogP contribution in [0.25, 0.3) is 0 Å². The van der Waals surface area contributed by atoms with Crippen LogP contribution in [-0.2, 0) is 14.9 Å². The molecule has 5 heteroatoms. The van der Waals surface area contributed by atoms with Crippen molar-refractivity contribution >= 4 is 6.16 Å². The van der Waals surface area contributed by atoms with Crippen LogP contribution in [0, 0.1) is 0 Å². The molecule has 20 heavy (non-hydrogen) atoms. The Morgan fingerprint density at radius 2 is 1.75 bits per heavy atom. The van der Waals surface area contributed by atoms with E-state index in [-0.39, 0.29) is 12.0 Å². The quantitative estimate of drug-likeness (QED) is 0.640. The molecule has 0 radical (unpaired) electrons. The van der Waals surface area contributed by atoms with Gasteiger partial charge < -0.3 is 19.7 Å². The average molecular weight is 284 g/mol. The van der Waals surface area contributed by atoms with Crippen LogP contribution in [0.5, 0.6) is 5.75 Å². The molecule has 1 aromatic rings. The Kier molecular flexibility index (Phi) is 8.40. The maximum Gasteiger partial charge on any atom is 0.505 e. The van der Waals surface area contributed by atoms with E-state index in [4.69, 9.17) is 10.2 Å². The van der Waals surface area contributed by atoms with Crippen molar-refractivity contribution in [3.05, 3.63) is 29.8 Å². The van der Waals surface area contributed by atoms with Gasteiger partial charge in [-0.3, -0.25) is 0 Å². The fourth-order valence-corrected chi connectivity index (χ4v) is 1.33. The monoisotopic (exact) mass is 284 g/mol. The van der Waals surface area contributed by atoms with Crippen LogP contribution < -0.4 is 0 Å².